The van der Waals surface area contributed by atoms with E-state index in [9.17, 15) is 10.1 Å². The summed E-state index contributed by atoms with van der Waals surface area (Å²) in [6.45, 7) is 3.73. The molecule has 0 saturated heterocycles. The molecular formula is C15H19N5O4. The van der Waals surface area contributed by atoms with Gasteiger partial charge in [-0.05, 0) is 26.0 Å². The minimum Gasteiger partial charge on any atom is -0.497 e. The van der Waals surface area contributed by atoms with E-state index in [2.05, 4.69) is 20.6 Å². The molecule has 9 heteroatoms. The van der Waals surface area contributed by atoms with Crippen molar-refractivity contribution in [2.45, 2.75) is 19.9 Å². The van der Waals surface area contributed by atoms with Crippen LogP contribution in [-0.4, -0.2) is 35.2 Å². The van der Waals surface area contributed by atoms with Crippen LogP contribution in [0.15, 0.2) is 24.5 Å². The van der Waals surface area contributed by atoms with Crippen LogP contribution in [0.2, 0.25) is 0 Å². The summed E-state index contributed by atoms with van der Waals surface area (Å²) in [5, 5.41) is 17.3. The molecule has 0 aliphatic heterocycles. The van der Waals surface area contributed by atoms with Crippen molar-refractivity contribution < 1.29 is 14.4 Å². The van der Waals surface area contributed by atoms with Gasteiger partial charge in [-0.1, -0.05) is 0 Å². The summed E-state index contributed by atoms with van der Waals surface area (Å²) >= 11 is 0. The fraction of sp³-hybridized carbons (Fsp3) is 0.333. The maximum absolute atomic E-state index is 11.5. The lowest BCUT2D eigenvalue weighted by Crippen LogP contribution is -2.14. The van der Waals surface area contributed by atoms with Crippen LogP contribution < -0.4 is 20.1 Å². The van der Waals surface area contributed by atoms with E-state index in [4.69, 9.17) is 9.47 Å². The highest BCUT2D eigenvalue weighted by Crippen LogP contribution is 2.36. The minimum atomic E-state index is -0.525. The predicted molar refractivity (Wildman–Crippen MR) is 90.3 cm³/mol. The second-order valence-corrected chi connectivity index (χ2v) is 5.17. The Bertz CT molecular complexity index is 736. The molecule has 2 rings (SSSR count). The number of nitrogens with one attached hydrogen (secondary N) is 2. The fourth-order valence-corrected chi connectivity index (χ4v) is 2.05. The SMILES string of the molecule is COc1ccc(Nc2ncnc(NC(C)C)c2[N+](=O)[O-])c(OC)c1. The van der Waals surface area contributed by atoms with E-state index >= 15 is 0 Å². The molecule has 1 aromatic carbocycles. The number of nitrogens with zero attached hydrogens (tertiary/aromatic N) is 3. The van der Waals surface area contributed by atoms with Gasteiger partial charge in [-0.3, -0.25) is 10.1 Å². The number of aromatic nitrogens is 2. The van der Waals surface area contributed by atoms with E-state index < -0.39 is 4.92 Å². The number of nitro groups is 1. The summed E-state index contributed by atoms with van der Waals surface area (Å²) in [6.07, 6.45) is 1.26. The van der Waals surface area contributed by atoms with Gasteiger partial charge in [-0.2, -0.15) is 0 Å². The summed E-state index contributed by atoms with van der Waals surface area (Å²) in [5.41, 5.74) is 0.291. The molecule has 2 N–H and O–H groups in total. The molecule has 2 aromatic rings. The Morgan fingerprint density at radius 2 is 1.88 bits per heavy atom. The summed E-state index contributed by atoms with van der Waals surface area (Å²) in [6, 6.07) is 5.06. The molecule has 128 valence electrons. The van der Waals surface area contributed by atoms with Gasteiger partial charge in [0.1, 0.15) is 17.8 Å². The molecular weight excluding hydrogens is 314 g/mol. The second kappa shape index (κ2) is 7.44. The molecule has 0 aliphatic rings. The molecule has 1 aromatic heterocycles. The highest BCUT2D eigenvalue weighted by Gasteiger charge is 2.24. The molecule has 0 fully saturated rings. The average molecular weight is 333 g/mol. The van der Waals surface area contributed by atoms with Crippen molar-refractivity contribution in [1.82, 2.24) is 9.97 Å². The lowest BCUT2D eigenvalue weighted by molar-refractivity contribution is -0.383. The summed E-state index contributed by atoms with van der Waals surface area (Å²) in [7, 11) is 3.04. The molecule has 0 unspecified atom stereocenters. The zero-order valence-electron chi connectivity index (χ0n) is 13.9. The largest absolute Gasteiger partial charge is 0.497 e. The molecule has 0 amide bonds. The van der Waals surface area contributed by atoms with E-state index in [1.807, 2.05) is 13.8 Å². The van der Waals surface area contributed by atoms with Crippen LogP contribution in [-0.2, 0) is 0 Å². The van der Waals surface area contributed by atoms with Crippen molar-refractivity contribution in [1.29, 1.82) is 0 Å². The minimum absolute atomic E-state index is 0.0121. The number of benzene rings is 1. The second-order valence-electron chi connectivity index (χ2n) is 5.17. The fourth-order valence-electron chi connectivity index (χ4n) is 2.05. The quantitative estimate of drug-likeness (QED) is 0.587. The highest BCUT2D eigenvalue weighted by atomic mass is 16.6. The van der Waals surface area contributed by atoms with Crippen LogP contribution in [0.1, 0.15) is 13.8 Å². The molecule has 1 heterocycles. The van der Waals surface area contributed by atoms with Gasteiger partial charge in [0.25, 0.3) is 0 Å². The first-order valence-corrected chi connectivity index (χ1v) is 7.21. The number of hydrogen-bond acceptors (Lipinski definition) is 8. The lowest BCUT2D eigenvalue weighted by atomic mass is 10.2. The van der Waals surface area contributed by atoms with Gasteiger partial charge in [0.05, 0.1) is 24.8 Å². The molecule has 9 nitrogen and oxygen atoms in total. The van der Waals surface area contributed by atoms with E-state index in [0.29, 0.717) is 17.2 Å². The van der Waals surface area contributed by atoms with Crippen LogP contribution in [0.5, 0.6) is 11.5 Å². The van der Waals surface area contributed by atoms with Crippen molar-refractivity contribution in [3.63, 3.8) is 0 Å². The van der Waals surface area contributed by atoms with Crippen LogP contribution in [0.4, 0.5) is 23.0 Å². The van der Waals surface area contributed by atoms with Crippen LogP contribution in [0, 0.1) is 10.1 Å². The average Bonchev–Trinajstić information content (AvgIpc) is 2.54. The smallest absolute Gasteiger partial charge is 0.353 e. The first kappa shape index (κ1) is 17.3. The van der Waals surface area contributed by atoms with Crippen molar-refractivity contribution in [3.8, 4) is 11.5 Å². The van der Waals surface area contributed by atoms with E-state index in [0.717, 1.165) is 0 Å². The molecule has 0 atom stereocenters. The summed E-state index contributed by atoms with van der Waals surface area (Å²) in [5.74, 6) is 1.30. The first-order chi connectivity index (χ1) is 11.5. The molecule has 0 saturated carbocycles. The van der Waals surface area contributed by atoms with Crippen molar-refractivity contribution >= 4 is 23.0 Å². The molecule has 24 heavy (non-hydrogen) atoms. The Balaban J connectivity index is 2.44. The molecule has 0 aliphatic carbocycles. The van der Waals surface area contributed by atoms with Gasteiger partial charge in [0.15, 0.2) is 0 Å². The molecule has 0 spiro atoms. The standard InChI is InChI=1S/C15H19N5O4/c1-9(2)18-14-13(20(21)22)15(17-8-16-14)19-11-6-5-10(23-3)7-12(11)24-4/h5-9H,1-4H3,(H2,16,17,18,19). The van der Waals surface area contributed by atoms with Gasteiger partial charge in [0, 0.05) is 12.1 Å². The molecule has 0 bridgehead atoms. The van der Waals surface area contributed by atoms with Gasteiger partial charge >= 0.3 is 5.69 Å². The van der Waals surface area contributed by atoms with Crippen LogP contribution in [0.3, 0.4) is 0 Å². The van der Waals surface area contributed by atoms with E-state index in [1.165, 1.54) is 13.4 Å². The number of ether oxygens (including phenoxy) is 2. The summed E-state index contributed by atoms with van der Waals surface area (Å²) in [4.78, 5) is 18.9. The van der Waals surface area contributed by atoms with Crippen LogP contribution in [0.25, 0.3) is 0 Å². The maximum Gasteiger partial charge on any atom is 0.353 e. The zero-order valence-corrected chi connectivity index (χ0v) is 13.9. The summed E-state index contributed by atoms with van der Waals surface area (Å²) < 4.78 is 10.4. The van der Waals surface area contributed by atoms with Crippen molar-refractivity contribution in [3.05, 3.63) is 34.6 Å². The van der Waals surface area contributed by atoms with E-state index in [-0.39, 0.29) is 23.4 Å². The Hall–Kier alpha value is -3.10. The third-order valence-electron chi connectivity index (χ3n) is 3.09. The predicted octanol–water partition coefficient (Wildman–Crippen LogP) is 2.97. The number of anilines is 3. The number of rotatable bonds is 7. The van der Waals surface area contributed by atoms with Crippen molar-refractivity contribution in [2.75, 3.05) is 24.9 Å². The topological polar surface area (TPSA) is 111 Å². The van der Waals surface area contributed by atoms with Gasteiger partial charge in [0.2, 0.25) is 11.6 Å². The number of methoxy groups -OCH3 is 2. The molecule has 0 radical (unpaired) electrons. The number of hydrogen-bond donors (Lipinski definition) is 2. The lowest BCUT2D eigenvalue weighted by Gasteiger charge is -2.14. The Kier molecular flexibility index (Phi) is 5.35. The Morgan fingerprint density at radius 3 is 2.46 bits per heavy atom. The van der Waals surface area contributed by atoms with Gasteiger partial charge in [-0.25, -0.2) is 9.97 Å². The third kappa shape index (κ3) is 3.80. The van der Waals surface area contributed by atoms with Crippen LogP contribution >= 0.6 is 0 Å². The van der Waals surface area contributed by atoms with E-state index in [1.54, 1.807) is 25.3 Å². The van der Waals surface area contributed by atoms with Gasteiger partial charge < -0.3 is 20.1 Å². The third-order valence-corrected chi connectivity index (χ3v) is 3.09. The maximum atomic E-state index is 11.5. The van der Waals surface area contributed by atoms with Gasteiger partial charge in [-0.15, -0.1) is 0 Å². The highest BCUT2D eigenvalue weighted by molar-refractivity contribution is 5.76. The Morgan fingerprint density at radius 1 is 1.17 bits per heavy atom. The monoisotopic (exact) mass is 333 g/mol. The Labute approximate surface area is 139 Å². The zero-order chi connectivity index (χ0) is 17.7. The van der Waals surface area contributed by atoms with Crippen molar-refractivity contribution in [2.24, 2.45) is 0 Å². The first-order valence-electron chi connectivity index (χ1n) is 7.21. The normalized spacial score (nSPS) is 10.4.